The van der Waals surface area contributed by atoms with Gasteiger partial charge < -0.3 is 38.3 Å². The number of Topliss-reactive ketones (excluding diaryl/α,β-unsaturated/α-hetero) is 1. The lowest BCUT2D eigenvalue weighted by molar-refractivity contribution is -0.117. The van der Waals surface area contributed by atoms with Crippen molar-refractivity contribution < 1.29 is 23.8 Å². The lowest BCUT2D eigenvalue weighted by Crippen LogP contribution is -2.39. The van der Waals surface area contributed by atoms with Crippen LogP contribution in [-0.2, 0) is 16.8 Å². The van der Waals surface area contributed by atoms with Gasteiger partial charge in [-0.3, -0.25) is 4.79 Å². The van der Waals surface area contributed by atoms with Gasteiger partial charge in [0.05, 0.1) is 42.4 Å². The van der Waals surface area contributed by atoms with E-state index in [2.05, 4.69) is 32.6 Å². The highest BCUT2D eigenvalue weighted by molar-refractivity contribution is 6.42. The summed E-state index contributed by atoms with van der Waals surface area (Å²) in [6.07, 6.45) is 4.01. The Bertz CT molecular complexity index is 1860. The number of ether oxygens (including phenoxy) is 3. The Hall–Kier alpha value is -3.99. The van der Waals surface area contributed by atoms with Crippen LogP contribution in [0, 0.1) is 0 Å². The standard InChI is InChI=1S/C39H47Cl2N5O5/c1-27(47)9-7-18-46-33-11-6-5-10-32(33)42-38(46)44-17-8-16-43(21-22-44)19-14-39(29-12-13-30(40)31(41)25-29)15-20-45(26-39)37(48)28-23-34(49-2)36(51-4)35(24-28)50-3/h5-6,10-13,23-25H,7-9,14-22,26H2,1-4H3. The van der Waals surface area contributed by atoms with E-state index in [1.807, 2.05) is 29.2 Å². The molecule has 0 N–H and O–H groups in total. The fraction of sp³-hybridized carbons (Fsp3) is 0.462. The topological polar surface area (TPSA) is 89.4 Å². The number of anilines is 1. The number of ketones is 1. The number of likely N-dealkylation sites (tertiary alicyclic amines) is 1. The van der Waals surface area contributed by atoms with Gasteiger partial charge in [0.15, 0.2) is 11.5 Å². The van der Waals surface area contributed by atoms with Crippen molar-refractivity contribution in [3.8, 4) is 17.2 Å². The number of para-hydroxylation sites is 2. The van der Waals surface area contributed by atoms with Crippen LogP contribution in [0.2, 0.25) is 10.0 Å². The summed E-state index contributed by atoms with van der Waals surface area (Å²) in [5, 5.41) is 1.03. The van der Waals surface area contributed by atoms with E-state index in [0.29, 0.717) is 52.4 Å². The molecule has 0 saturated carbocycles. The van der Waals surface area contributed by atoms with E-state index < -0.39 is 0 Å². The molecule has 2 saturated heterocycles. The van der Waals surface area contributed by atoms with Crippen molar-refractivity contribution in [2.75, 3.05) is 72.0 Å². The van der Waals surface area contributed by atoms with Gasteiger partial charge in [0.1, 0.15) is 5.78 Å². The van der Waals surface area contributed by atoms with Gasteiger partial charge >= 0.3 is 0 Å². The quantitative estimate of drug-likeness (QED) is 0.143. The zero-order valence-corrected chi connectivity index (χ0v) is 31.4. The predicted octanol–water partition coefficient (Wildman–Crippen LogP) is 7.12. The number of hydrogen-bond acceptors (Lipinski definition) is 8. The molecule has 51 heavy (non-hydrogen) atoms. The molecule has 10 nitrogen and oxygen atoms in total. The second kappa shape index (κ2) is 16.1. The molecule has 4 aromatic rings. The molecule has 12 heteroatoms. The second-order valence-corrected chi connectivity index (χ2v) is 14.4. The van der Waals surface area contributed by atoms with Gasteiger partial charge in [-0.05, 0) is 87.7 Å². The van der Waals surface area contributed by atoms with Gasteiger partial charge in [0, 0.05) is 56.7 Å². The molecule has 6 rings (SSSR count). The zero-order valence-electron chi connectivity index (χ0n) is 29.9. The predicted molar refractivity (Wildman–Crippen MR) is 202 cm³/mol. The number of amides is 1. The fourth-order valence-corrected chi connectivity index (χ4v) is 7.92. The molecule has 2 aliphatic heterocycles. The van der Waals surface area contributed by atoms with E-state index >= 15 is 0 Å². The summed E-state index contributed by atoms with van der Waals surface area (Å²) < 4.78 is 18.8. The van der Waals surface area contributed by atoms with Crippen LogP contribution in [0.4, 0.5) is 5.95 Å². The number of nitrogens with zero attached hydrogens (tertiary/aromatic N) is 5. The number of methoxy groups -OCH3 is 3. The first-order chi connectivity index (χ1) is 24.7. The third-order valence-electron chi connectivity index (χ3n) is 10.4. The molecule has 3 aromatic carbocycles. The lowest BCUT2D eigenvalue weighted by atomic mass is 9.76. The van der Waals surface area contributed by atoms with Gasteiger partial charge in [-0.1, -0.05) is 41.4 Å². The summed E-state index contributed by atoms with van der Waals surface area (Å²) in [5.74, 6) is 2.43. The maximum absolute atomic E-state index is 14.0. The molecular formula is C39H47Cl2N5O5. The maximum Gasteiger partial charge on any atom is 0.254 e. The summed E-state index contributed by atoms with van der Waals surface area (Å²) in [4.78, 5) is 37.6. The highest BCUT2D eigenvalue weighted by Crippen LogP contribution is 2.43. The summed E-state index contributed by atoms with van der Waals surface area (Å²) in [6, 6.07) is 17.6. The molecule has 1 unspecified atom stereocenters. The summed E-state index contributed by atoms with van der Waals surface area (Å²) in [6.45, 7) is 8.03. The van der Waals surface area contributed by atoms with Crippen LogP contribution in [0.15, 0.2) is 54.6 Å². The van der Waals surface area contributed by atoms with Gasteiger partial charge in [-0.25, -0.2) is 4.98 Å². The molecule has 0 bridgehead atoms. The van der Waals surface area contributed by atoms with Crippen LogP contribution in [0.25, 0.3) is 11.0 Å². The molecule has 2 aliphatic rings. The van der Waals surface area contributed by atoms with Crippen LogP contribution in [0.5, 0.6) is 17.2 Å². The van der Waals surface area contributed by atoms with Crippen LogP contribution in [0.1, 0.15) is 54.9 Å². The Morgan fingerprint density at radius 3 is 2.33 bits per heavy atom. The largest absolute Gasteiger partial charge is 0.493 e. The minimum atomic E-state index is -0.304. The molecule has 272 valence electrons. The molecule has 1 atom stereocenters. The monoisotopic (exact) mass is 735 g/mol. The van der Waals surface area contributed by atoms with E-state index in [0.717, 1.165) is 87.5 Å². The number of hydrogen-bond donors (Lipinski definition) is 0. The van der Waals surface area contributed by atoms with Crippen LogP contribution < -0.4 is 19.1 Å². The number of rotatable bonds is 13. The van der Waals surface area contributed by atoms with Crippen LogP contribution in [-0.4, -0.2) is 98.2 Å². The molecule has 1 aromatic heterocycles. The Labute approximate surface area is 310 Å². The Balaban J connectivity index is 1.19. The molecular weight excluding hydrogens is 689 g/mol. The first-order valence-electron chi connectivity index (χ1n) is 17.6. The van der Waals surface area contributed by atoms with E-state index in [1.54, 1.807) is 40.4 Å². The average Bonchev–Trinajstić information content (AvgIpc) is 3.65. The van der Waals surface area contributed by atoms with Crippen LogP contribution >= 0.6 is 23.2 Å². The molecule has 2 fully saturated rings. The molecule has 3 heterocycles. The number of halogens is 2. The molecule has 0 radical (unpaired) electrons. The number of fused-ring (bicyclic) bond motifs is 1. The Kier molecular flexibility index (Phi) is 11.6. The van der Waals surface area contributed by atoms with Crippen molar-refractivity contribution in [3.05, 3.63) is 75.8 Å². The van der Waals surface area contributed by atoms with Crippen molar-refractivity contribution in [2.45, 2.75) is 51.0 Å². The maximum atomic E-state index is 14.0. The summed E-state index contributed by atoms with van der Waals surface area (Å²) >= 11 is 13.0. The van der Waals surface area contributed by atoms with Gasteiger partial charge in [-0.15, -0.1) is 0 Å². The van der Waals surface area contributed by atoms with Crippen molar-refractivity contribution in [1.82, 2.24) is 19.4 Å². The minimum Gasteiger partial charge on any atom is -0.493 e. The Morgan fingerprint density at radius 1 is 0.863 bits per heavy atom. The second-order valence-electron chi connectivity index (χ2n) is 13.6. The summed E-state index contributed by atoms with van der Waals surface area (Å²) in [5.41, 5.74) is 3.35. The zero-order chi connectivity index (χ0) is 36.1. The van der Waals surface area contributed by atoms with Crippen molar-refractivity contribution in [1.29, 1.82) is 0 Å². The molecule has 0 aliphatic carbocycles. The fourth-order valence-electron chi connectivity index (χ4n) is 7.62. The number of imidazole rings is 1. The van der Waals surface area contributed by atoms with Crippen LogP contribution in [0.3, 0.4) is 0 Å². The first kappa shape index (κ1) is 36.8. The number of carbonyl (C=O) groups is 2. The summed E-state index contributed by atoms with van der Waals surface area (Å²) in [7, 11) is 4.64. The third kappa shape index (κ3) is 7.93. The van der Waals surface area contributed by atoms with E-state index in [9.17, 15) is 9.59 Å². The average molecular weight is 737 g/mol. The van der Waals surface area contributed by atoms with E-state index in [4.69, 9.17) is 42.4 Å². The normalized spacial score (nSPS) is 18.2. The highest BCUT2D eigenvalue weighted by atomic mass is 35.5. The third-order valence-corrected chi connectivity index (χ3v) is 11.1. The number of aromatic nitrogens is 2. The molecule has 0 spiro atoms. The number of aryl methyl sites for hydroxylation is 1. The smallest absolute Gasteiger partial charge is 0.254 e. The number of benzene rings is 3. The van der Waals surface area contributed by atoms with Crippen molar-refractivity contribution in [3.63, 3.8) is 0 Å². The van der Waals surface area contributed by atoms with Gasteiger partial charge in [0.25, 0.3) is 5.91 Å². The van der Waals surface area contributed by atoms with Gasteiger partial charge in [0.2, 0.25) is 11.7 Å². The lowest BCUT2D eigenvalue weighted by Gasteiger charge is -2.33. The minimum absolute atomic E-state index is 0.0900. The number of carbonyl (C=O) groups excluding carboxylic acids is 2. The Morgan fingerprint density at radius 2 is 1.63 bits per heavy atom. The van der Waals surface area contributed by atoms with E-state index in [-0.39, 0.29) is 17.1 Å². The van der Waals surface area contributed by atoms with Crippen molar-refractivity contribution >= 4 is 51.9 Å². The first-order valence-corrected chi connectivity index (χ1v) is 18.4. The van der Waals surface area contributed by atoms with Crippen molar-refractivity contribution in [2.24, 2.45) is 0 Å². The SMILES string of the molecule is COc1cc(C(=O)N2CCC(CCN3CCCN(c4nc5ccccc5n4CCCC(C)=O)CC3)(c3ccc(Cl)c(Cl)c3)C2)cc(OC)c1OC. The molecule has 1 amide bonds. The highest BCUT2D eigenvalue weighted by Gasteiger charge is 2.42. The van der Waals surface area contributed by atoms with E-state index in [1.165, 1.54) is 0 Å². The van der Waals surface area contributed by atoms with Gasteiger partial charge in [-0.2, -0.15) is 0 Å².